The summed E-state index contributed by atoms with van der Waals surface area (Å²) in [6, 6.07) is 2.59. The van der Waals surface area contributed by atoms with Crippen LogP contribution in [0.15, 0.2) is 11.4 Å². The molecule has 1 aliphatic rings. The molecule has 0 bridgehead atoms. The summed E-state index contributed by atoms with van der Waals surface area (Å²) < 4.78 is 11.1. The van der Waals surface area contributed by atoms with Crippen molar-refractivity contribution in [2.24, 2.45) is 0 Å². The molecule has 1 N–H and O–H groups in total. The average molecular weight is 269 g/mol. The van der Waals surface area contributed by atoms with Gasteiger partial charge < -0.3 is 14.8 Å². The van der Waals surface area contributed by atoms with Crippen LogP contribution in [0, 0.1) is 6.92 Å². The summed E-state index contributed by atoms with van der Waals surface area (Å²) in [5.41, 5.74) is 1.38. The van der Waals surface area contributed by atoms with Crippen molar-refractivity contribution in [3.05, 3.63) is 21.9 Å². The van der Waals surface area contributed by atoms with Gasteiger partial charge in [-0.15, -0.1) is 11.3 Å². The van der Waals surface area contributed by atoms with E-state index in [2.05, 4.69) is 30.6 Å². The Morgan fingerprint density at radius 2 is 2.50 bits per heavy atom. The normalized spacial score (nSPS) is 21.3. The number of thiophene rings is 1. The number of hydrogen-bond donors (Lipinski definition) is 1. The van der Waals surface area contributed by atoms with Crippen LogP contribution in [0.3, 0.4) is 0 Å². The van der Waals surface area contributed by atoms with Crippen LogP contribution < -0.4 is 5.32 Å². The summed E-state index contributed by atoms with van der Waals surface area (Å²) in [6.07, 6.45) is 2.67. The fourth-order valence-electron chi connectivity index (χ4n) is 2.26. The van der Waals surface area contributed by atoms with Gasteiger partial charge in [0.1, 0.15) is 0 Å². The zero-order chi connectivity index (χ0) is 12.8. The molecule has 2 atom stereocenters. The predicted molar refractivity (Wildman–Crippen MR) is 75.3 cm³/mol. The Hall–Kier alpha value is -0.420. The van der Waals surface area contributed by atoms with E-state index < -0.39 is 0 Å². The van der Waals surface area contributed by atoms with Crippen molar-refractivity contribution in [2.45, 2.75) is 38.8 Å². The number of hydrogen-bond acceptors (Lipinski definition) is 4. The van der Waals surface area contributed by atoms with Crippen LogP contribution in [0.1, 0.15) is 36.2 Å². The third-order valence-electron chi connectivity index (χ3n) is 3.32. The number of ether oxygens (including phenoxy) is 2. The highest BCUT2D eigenvalue weighted by Gasteiger charge is 2.15. The zero-order valence-electron chi connectivity index (χ0n) is 11.3. The molecule has 0 spiro atoms. The van der Waals surface area contributed by atoms with Gasteiger partial charge in [0.05, 0.1) is 19.3 Å². The molecule has 3 nitrogen and oxygen atoms in total. The molecule has 0 amide bonds. The topological polar surface area (TPSA) is 30.5 Å². The van der Waals surface area contributed by atoms with Crippen LogP contribution in [0.25, 0.3) is 0 Å². The highest BCUT2D eigenvalue weighted by atomic mass is 32.1. The van der Waals surface area contributed by atoms with Crippen molar-refractivity contribution >= 4 is 11.3 Å². The molecule has 2 heterocycles. The lowest BCUT2D eigenvalue weighted by Gasteiger charge is -2.14. The van der Waals surface area contributed by atoms with E-state index in [1.54, 1.807) is 0 Å². The summed E-state index contributed by atoms with van der Waals surface area (Å²) in [7, 11) is 0. The van der Waals surface area contributed by atoms with E-state index in [9.17, 15) is 0 Å². The highest BCUT2D eigenvalue weighted by molar-refractivity contribution is 7.10. The van der Waals surface area contributed by atoms with Gasteiger partial charge in [-0.05, 0) is 43.7 Å². The van der Waals surface area contributed by atoms with Crippen molar-refractivity contribution in [3.63, 3.8) is 0 Å². The SMILES string of the molecule is Cc1ccsc1[C@@H](C)NCCOC[C@@H]1CCCO1. The standard InChI is InChI=1S/C14H23NO2S/c1-11-5-9-18-14(11)12(2)15-6-8-16-10-13-4-3-7-17-13/h5,9,12-13,15H,3-4,6-8,10H2,1-2H3/t12-,13+/m1/s1. The van der Waals surface area contributed by atoms with Crippen LogP contribution in [0.5, 0.6) is 0 Å². The van der Waals surface area contributed by atoms with Gasteiger partial charge in [0.2, 0.25) is 0 Å². The second kappa shape index (κ2) is 7.24. The van der Waals surface area contributed by atoms with E-state index in [1.807, 2.05) is 11.3 Å². The molecule has 1 aromatic rings. The first kappa shape index (κ1) is 14.0. The van der Waals surface area contributed by atoms with E-state index in [-0.39, 0.29) is 0 Å². The second-order valence-corrected chi connectivity index (χ2v) is 5.80. The molecule has 1 fully saturated rings. The van der Waals surface area contributed by atoms with Gasteiger partial charge >= 0.3 is 0 Å². The molecule has 0 saturated carbocycles. The lowest BCUT2D eigenvalue weighted by atomic mass is 10.2. The lowest BCUT2D eigenvalue weighted by molar-refractivity contribution is 0.0179. The van der Waals surface area contributed by atoms with Crippen LogP contribution in [-0.4, -0.2) is 32.5 Å². The van der Waals surface area contributed by atoms with Gasteiger partial charge in [0.15, 0.2) is 0 Å². The number of nitrogens with one attached hydrogen (secondary N) is 1. The Morgan fingerprint density at radius 3 is 3.17 bits per heavy atom. The Balaban J connectivity index is 1.56. The maximum absolute atomic E-state index is 5.63. The Labute approximate surface area is 113 Å². The smallest absolute Gasteiger partial charge is 0.0809 e. The molecule has 2 rings (SSSR count). The minimum atomic E-state index is 0.335. The third kappa shape index (κ3) is 4.05. The Morgan fingerprint density at radius 1 is 1.61 bits per heavy atom. The van der Waals surface area contributed by atoms with Gasteiger partial charge in [-0.25, -0.2) is 0 Å². The summed E-state index contributed by atoms with van der Waals surface area (Å²) in [6.45, 7) is 7.67. The molecule has 0 aromatic carbocycles. The first-order valence-corrected chi connectivity index (χ1v) is 7.62. The summed E-state index contributed by atoms with van der Waals surface area (Å²) in [5, 5.41) is 5.65. The van der Waals surface area contributed by atoms with E-state index in [0.717, 1.165) is 32.8 Å². The molecule has 0 radical (unpaired) electrons. The fourth-order valence-corrected chi connectivity index (χ4v) is 3.22. The first-order valence-electron chi connectivity index (χ1n) is 6.74. The van der Waals surface area contributed by atoms with E-state index in [0.29, 0.717) is 12.1 Å². The molecule has 1 saturated heterocycles. The molecular weight excluding hydrogens is 246 g/mol. The van der Waals surface area contributed by atoms with E-state index >= 15 is 0 Å². The lowest BCUT2D eigenvalue weighted by Crippen LogP contribution is -2.25. The van der Waals surface area contributed by atoms with Crippen LogP contribution in [-0.2, 0) is 9.47 Å². The van der Waals surface area contributed by atoms with Gasteiger partial charge in [-0.2, -0.15) is 0 Å². The Kier molecular flexibility index (Phi) is 5.63. The number of rotatable bonds is 7. The quantitative estimate of drug-likeness (QED) is 0.772. The molecule has 4 heteroatoms. The molecule has 0 aliphatic carbocycles. The molecule has 102 valence electrons. The monoisotopic (exact) mass is 269 g/mol. The second-order valence-electron chi connectivity index (χ2n) is 4.85. The van der Waals surface area contributed by atoms with Crippen molar-refractivity contribution in [1.82, 2.24) is 5.32 Å². The molecule has 1 aliphatic heterocycles. The van der Waals surface area contributed by atoms with Crippen LogP contribution in [0.2, 0.25) is 0 Å². The maximum atomic E-state index is 5.63. The fraction of sp³-hybridized carbons (Fsp3) is 0.714. The largest absolute Gasteiger partial charge is 0.377 e. The zero-order valence-corrected chi connectivity index (χ0v) is 12.1. The minimum absolute atomic E-state index is 0.335. The summed E-state index contributed by atoms with van der Waals surface area (Å²) in [5.74, 6) is 0. The predicted octanol–water partition coefficient (Wildman–Crippen LogP) is 2.90. The maximum Gasteiger partial charge on any atom is 0.0809 e. The molecule has 1 aromatic heterocycles. The summed E-state index contributed by atoms with van der Waals surface area (Å²) >= 11 is 1.82. The number of aryl methyl sites for hydroxylation is 1. The van der Waals surface area contributed by atoms with Crippen LogP contribution >= 0.6 is 11.3 Å². The van der Waals surface area contributed by atoms with E-state index in [1.165, 1.54) is 16.9 Å². The van der Waals surface area contributed by atoms with Gasteiger partial charge in [0.25, 0.3) is 0 Å². The summed E-state index contributed by atoms with van der Waals surface area (Å²) in [4.78, 5) is 1.43. The third-order valence-corrected chi connectivity index (χ3v) is 4.52. The highest BCUT2D eigenvalue weighted by Crippen LogP contribution is 2.23. The first-order chi connectivity index (χ1) is 8.77. The van der Waals surface area contributed by atoms with Crippen molar-refractivity contribution in [3.8, 4) is 0 Å². The van der Waals surface area contributed by atoms with Crippen molar-refractivity contribution < 1.29 is 9.47 Å². The van der Waals surface area contributed by atoms with E-state index in [4.69, 9.17) is 9.47 Å². The Bertz CT molecular complexity index is 347. The minimum Gasteiger partial charge on any atom is -0.377 e. The van der Waals surface area contributed by atoms with Gasteiger partial charge in [-0.3, -0.25) is 0 Å². The van der Waals surface area contributed by atoms with Gasteiger partial charge in [-0.1, -0.05) is 0 Å². The molecular formula is C14H23NO2S. The molecule has 0 unspecified atom stereocenters. The van der Waals surface area contributed by atoms with Crippen molar-refractivity contribution in [1.29, 1.82) is 0 Å². The van der Waals surface area contributed by atoms with Gasteiger partial charge in [0, 0.05) is 24.1 Å². The molecule has 18 heavy (non-hydrogen) atoms. The van der Waals surface area contributed by atoms with Crippen LogP contribution in [0.4, 0.5) is 0 Å². The average Bonchev–Trinajstić information content (AvgIpc) is 2.99. The van der Waals surface area contributed by atoms with Crippen molar-refractivity contribution in [2.75, 3.05) is 26.4 Å².